The van der Waals surface area contributed by atoms with Gasteiger partial charge >= 0.3 is 6.18 Å². The molecule has 1 unspecified atom stereocenters. The lowest BCUT2D eigenvalue weighted by Gasteiger charge is -2.15. The zero-order valence-corrected chi connectivity index (χ0v) is 16.4. The zero-order valence-electron chi connectivity index (χ0n) is 15.6. The van der Waals surface area contributed by atoms with E-state index < -0.39 is 11.7 Å². The molecule has 1 N–H and O–H groups in total. The number of imidazole rings is 1. The fraction of sp³-hybridized carbons (Fsp3) is 0.250. The van der Waals surface area contributed by atoms with Gasteiger partial charge in [-0.25, -0.2) is 4.98 Å². The molecule has 29 heavy (non-hydrogen) atoms. The lowest BCUT2D eigenvalue weighted by Crippen LogP contribution is -2.08. The first-order valence-corrected chi connectivity index (χ1v) is 9.88. The van der Waals surface area contributed by atoms with Gasteiger partial charge in [-0.05, 0) is 42.8 Å². The summed E-state index contributed by atoms with van der Waals surface area (Å²) >= 11 is 1.21. The molecule has 150 valence electrons. The highest BCUT2D eigenvalue weighted by atomic mass is 32.2. The molecule has 0 aliphatic heterocycles. The summed E-state index contributed by atoms with van der Waals surface area (Å²) < 4.78 is 46.0. The van der Waals surface area contributed by atoms with E-state index in [0.29, 0.717) is 5.56 Å². The van der Waals surface area contributed by atoms with E-state index in [0.717, 1.165) is 23.5 Å². The Balaban J connectivity index is 1.69. The second-order valence-electron chi connectivity index (χ2n) is 6.60. The van der Waals surface area contributed by atoms with Gasteiger partial charge in [-0.2, -0.15) is 18.2 Å². The molecule has 5 nitrogen and oxygen atoms in total. The monoisotopic (exact) mass is 418 g/mol. The number of thioether (sulfide) groups is 1. The van der Waals surface area contributed by atoms with E-state index in [4.69, 9.17) is 4.52 Å². The van der Waals surface area contributed by atoms with Gasteiger partial charge in [0, 0.05) is 21.3 Å². The van der Waals surface area contributed by atoms with E-state index in [1.807, 2.05) is 19.9 Å². The van der Waals surface area contributed by atoms with Crippen LogP contribution in [0, 0.1) is 0 Å². The van der Waals surface area contributed by atoms with Crippen molar-refractivity contribution < 1.29 is 17.7 Å². The Morgan fingerprint density at radius 1 is 1.14 bits per heavy atom. The van der Waals surface area contributed by atoms with Crippen LogP contribution < -0.4 is 0 Å². The number of fused-ring (bicyclic) bond motifs is 1. The van der Waals surface area contributed by atoms with Gasteiger partial charge < -0.3 is 9.51 Å². The van der Waals surface area contributed by atoms with Crippen LogP contribution in [0.25, 0.3) is 33.9 Å². The maximum Gasteiger partial charge on any atom is 0.417 e. The summed E-state index contributed by atoms with van der Waals surface area (Å²) in [5.74, 6) is 0.323. The predicted molar refractivity (Wildman–Crippen MR) is 105 cm³/mol. The number of aromatic amines is 1. The van der Waals surface area contributed by atoms with Crippen molar-refractivity contribution in [3.05, 3.63) is 48.3 Å². The van der Waals surface area contributed by atoms with Crippen LogP contribution in [0.2, 0.25) is 0 Å². The molecular formula is C20H17F3N4OS. The summed E-state index contributed by atoms with van der Waals surface area (Å²) in [7, 11) is 0. The molecule has 0 radical (unpaired) electrons. The molecule has 0 saturated heterocycles. The highest BCUT2D eigenvalue weighted by Crippen LogP contribution is 2.40. The summed E-state index contributed by atoms with van der Waals surface area (Å²) in [6, 6.07) is 9.52. The fourth-order valence-electron chi connectivity index (χ4n) is 2.82. The lowest BCUT2D eigenvalue weighted by atomic mass is 10.1. The number of aromatic nitrogens is 4. The first-order valence-electron chi connectivity index (χ1n) is 9.00. The number of nitrogens with zero attached hydrogens (tertiary/aromatic N) is 3. The van der Waals surface area contributed by atoms with Crippen LogP contribution in [0.4, 0.5) is 13.2 Å². The molecule has 0 saturated carbocycles. The summed E-state index contributed by atoms with van der Waals surface area (Å²) in [6.45, 7) is 3.85. The number of halogens is 3. The molecule has 2 aromatic heterocycles. The molecule has 0 bridgehead atoms. The average Bonchev–Trinajstić information content (AvgIpc) is 3.36. The Morgan fingerprint density at radius 2 is 1.93 bits per heavy atom. The van der Waals surface area contributed by atoms with Gasteiger partial charge in [-0.15, -0.1) is 11.8 Å². The maximum absolute atomic E-state index is 13.6. The minimum Gasteiger partial charge on any atom is -0.345 e. The third-order valence-electron chi connectivity index (χ3n) is 4.54. The first kappa shape index (κ1) is 19.5. The van der Waals surface area contributed by atoms with E-state index in [1.165, 1.54) is 17.8 Å². The van der Waals surface area contributed by atoms with Crippen LogP contribution >= 0.6 is 11.8 Å². The SMILES string of the molecule is CCC(C)Sc1ccc(-c2nc(-c3ccc4[nH]cnc4c3)no2)cc1C(F)(F)F. The third-order valence-corrected chi connectivity index (χ3v) is 5.89. The number of hydrogen-bond donors (Lipinski definition) is 1. The van der Waals surface area contributed by atoms with Crippen LogP contribution in [0.1, 0.15) is 25.8 Å². The molecule has 0 amide bonds. The normalized spacial score (nSPS) is 13.1. The van der Waals surface area contributed by atoms with Gasteiger partial charge in [0.25, 0.3) is 5.89 Å². The number of alkyl halides is 3. The highest BCUT2D eigenvalue weighted by molar-refractivity contribution is 8.00. The number of nitrogens with one attached hydrogen (secondary N) is 1. The number of H-pyrrole nitrogens is 1. The summed E-state index contributed by atoms with van der Waals surface area (Å²) in [5.41, 5.74) is 1.80. The maximum atomic E-state index is 13.6. The van der Waals surface area contributed by atoms with Crippen LogP contribution in [0.5, 0.6) is 0 Å². The van der Waals surface area contributed by atoms with Crippen molar-refractivity contribution >= 4 is 22.8 Å². The van der Waals surface area contributed by atoms with Gasteiger partial charge in [0.1, 0.15) is 0 Å². The molecule has 4 rings (SSSR count). The topological polar surface area (TPSA) is 67.6 Å². The third kappa shape index (κ3) is 4.00. The van der Waals surface area contributed by atoms with E-state index in [1.54, 1.807) is 24.5 Å². The summed E-state index contributed by atoms with van der Waals surface area (Å²) in [5, 5.41) is 4.00. The fourth-order valence-corrected chi connectivity index (χ4v) is 3.86. The molecule has 2 heterocycles. The van der Waals surface area contributed by atoms with E-state index in [9.17, 15) is 13.2 Å². The number of rotatable bonds is 5. The van der Waals surface area contributed by atoms with Crippen LogP contribution in [-0.4, -0.2) is 25.4 Å². The van der Waals surface area contributed by atoms with Gasteiger partial charge in [-0.1, -0.05) is 19.0 Å². The largest absolute Gasteiger partial charge is 0.417 e. The number of benzene rings is 2. The standard InChI is InChI=1S/C20H17F3N4OS/c1-3-11(2)29-17-7-5-13(8-14(17)20(21,22)23)19-26-18(27-28-19)12-4-6-15-16(9-12)25-10-24-15/h4-11H,3H2,1-2H3,(H,24,25). The van der Waals surface area contributed by atoms with Crippen LogP contribution in [-0.2, 0) is 6.18 Å². The van der Waals surface area contributed by atoms with E-state index in [2.05, 4.69) is 20.1 Å². The molecule has 4 aromatic rings. The second-order valence-corrected chi connectivity index (χ2v) is 8.08. The molecule has 1 atom stereocenters. The first-order chi connectivity index (χ1) is 13.8. The van der Waals surface area contributed by atoms with Crippen molar-refractivity contribution in [1.82, 2.24) is 20.1 Å². The average molecular weight is 418 g/mol. The smallest absolute Gasteiger partial charge is 0.345 e. The Hall–Kier alpha value is -2.81. The molecule has 0 spiro atoms. The Kier molecular flexibility index (Phi) is 5.08. The molecule has 0 aliphatic carbocycles. The number of hydrogen-bond acceptors (Lipinski definition) is 5. The quantitative estimate of drug-likeness (QED) is 0.392. The summed E-state index contributed by atoms with van der Waals surface area (Å²) in [4.78, 5) is 11.6. The van der Waals surface area contributed by atoms with Crippen molar-refractivity contribution in [3.63, 3.8) is 0 Å². The van der Waals surface area contributed by atoms with Gasteiger partial charge in [-0.3, -0.25) is 0 Å². The minimum atomic E-state index is -4.47. The van der Waals surface area contributed by atoms with Gasteiger partial charge in [0.05, 0.1) is 22.9 Å². The van der Waals surface area contributed by atoms with Crippen molar-refractivity contribution in [3.8, 4) is 22.8 Å². The molecule has 0 fully saturated rings. The van der Waals surface area contributed by atoms with Crippen LogP contribution in [0.15, 0.2) is 52.1 Å². The Morgan fingerprint density at radius 3 is 2.69 bits per heavy atom. The van der Waals surface area contributed by atoms with Crippen LogP contribution in [0.3, 0.4) is 0 Å². The molecule has 2 aromatic carbocycles. The Labute approximate surface area is 168 Å². The Bertz CT molecular complexity index is 1150. The van der Waals surface area contributed by atoms with E-state index in [-0.39, 0.29) is 27.4 Å². The molecule has 9 heteroatoms. The van der Waals surface area contributed by atoms with E-state index >= 15 is 0 Å². The van der Waals surface area contributed by atoms with Crippen molar-refractivity contribution in [2.75, 3.05) is 0 Å². The predicted octanol–water partition coefficient (Wildman–Crippen LogP) is 6.19. The van der Waals surface area contributed by atoms with Crippen molar-refractivity contribution in [1.29, 1.82) is 0 Å². The second kappa shape index (κ2) is 7.55. The van der Waals surface area contributed by atoms with Gasteiger partial charge in [0.15, 0.2) is 0 Å². The summed E-state index contributed by atoms with van der Waals surface area (Å²) in [6.07, 6.45) is -2.12. The highest BCUT2D eigenvalue weighted by Gasteiger charge is 2.34. The minimum absolute atomic E-state index is 0.0349. The van der Waals surface area contributed by atoms with Gasteiger partial charge in [0.2, 0.25) is 5.82 Å². The molecule has 0 aliphatic rings. The van der Waals surface area contributed by atoms with Crippen molar-refractivity contribution in [2.24, 2.45) is 0 Å². The molecular weight excluding hydrogens is 401 g/mol. The lowest BCUT2D eigenvalue weighted by molar-refractivity contribution is -0.139. The zero-order chi connectivity index (χ0) is 20.6. The van der Waals surface area contributed by atoms with Crippen molar-refractivity contribution in [2.45, 2.75) is 36.6 Å².